The highest BCUT2D eigenvalue weighted by Gasteiger charge is 2.36. The Balaban J connectivity index is 2.07. The molecular formula is C19H18F2N4O3. The number of hydrogen-bond donors (Lipinski definition) is 2. The van der Waals surface area contributed by atoms with Crippen LogP contribution in [-0.4, -0.2) is 28.5 Å². The zero-order valence-electron chi connectivity index (χ0n) is 15.3. The number of anilines is 1. The Morgan fingerprint density at radius 1 is 1.39 bits per heavy atom. The zero-order valence-corrected chi connectivity index (χ0v) is 15.3. The van der Waals surface area contributed by atoms with Crippen LogP contribution in [0.5, 0.6) is 0 Å². The summed E-state index contributed by atoms with van der Waals surface area (Å²) >= 11 is 0. The predicted octanol–water partition coefficient (Wildman–Crippen LogP) is 3.43. The fourth-order valence-electron chi connectivity index (χ4n) is 3.00. The van der Waals surface area contributed by atoms with Gasteiger partial charge in [0.2, 0.25) is 0 Å². The number of aryl methyl sites for hydroxylation is 1. The van der Waals surface area contributed by atoms with Crippen LogP contribution in [0.1, 0.15) is 24.3 Å². The number of carbonyl (C=O) groups is 2. The Hall–Kier alpha value is -3.49. The first-order valence-electron chi connectivity index (χ1n) is 8.41. The van der Waals surface area contributed by atoms with Crippen LogP contribution in [0.3, 0.4) is 0 Å². The van der Waals surface area contributed by atoms with Gasteiger partial charge in [-0.2, -0.15) is 0 Å². The lowest BCUT2D eigenvalue weighted by Gasteiger charge is -2.35. The van der Waals surface area contributed by atoms with Gasteiger partial charge in [0, 0.05) is 29.9 Å². The highest BCUT2D eigenvalue weighted by molar-refractivity contribution is 6.06. The van der Waals surface area contributed by atoms with Gasteiger partial charge in [0.05, 0.1) is 11.6 Å². The summed E-state index contributed by atoms with van der Waals surface area (Å²) in [7, 11) is 0. The number of benzene rings is 1. The van der Waals surface area contributed by atoms with E-state index in [4.69, 9.17) is 4.52 Å². The molecule has 0 saturated carbocycles. The van der Waals surface area contributed by atoms with Gasteiger partial charge in [-0.1, -0.05) is 17.3 Å². The number of urea groups is 1. The number of aromatic nitrogens is 1. The average Bonchev–Trinajstić information content (AvgIpc) is 3.02. The topological polar surface area (TPSA) is 87.5 Å². The van der Waals surface area contributed by atoms with Gasteiger partial charge < -0.3 is 15.2 Å². The molecule has 0 saturated heterocycles. The van der Waals surface area contributed by atoms with Crippen LogP contribution in [-0.2, 0) is 4.79 Å². The van der Waals surface area contributed by atoms with Crippen molar-refractivity contribution in [3.8, 4) is 0 Å². The molecule has 0 bridgehead atoms. The molecule has 28 heavy (non-hydrogen) atoms. The number of allylic oxidation sites excluding steroid dienone is 1. The van der Waals surface area contributed by atoms with E-state index in [1.807, 2.05) is 0 Å². The molecule has 1 atom stereocenters. The molecule has 1 aliphatic heterocycles. The Morgan fingerprint density at radius 3 is 2.75 bits per heavy atom. The van der Waals surface area contributed by atoms with Crippen molar-refractivity contribution >= 4 is 17.8 Å². The third-order valence-electron chi connectivity index (χ3n) is 4.30. The van der Waals surface area contributed by atoms with Crippen molar-refractivity contribution in [1.82, 2.24) is 15.4 Å². The smallest absolute Gasteiger partial charge is 0.322 e. The van der Waals surface area contributed by atoms with Crippen LogP contribution in [0.15, 0.2) is 52.7 Å². The maximum Gasteiger partial charge on any atom is 0.322 e. The monoisotopic (exact) mass is 388 g/mol. The van der Waals surface area contributed by atoms with Crippen LogP contribution in [0.25, 0.3) is 0 Å². The molecule has 0 fully saturated rings. The van der Waals surface area contributed by atoms with Crippen molar-refractivity contribution in [2.75, 3.05) is 11.9 Å². The minimum Gasteiger partial charge on any atom is -0.360 e. The summed E-state index contributed by atoms with van der Waals surface area (Å²) in [6.45, 7) is 6.98. The highest BCUT2D eigenvalue weighted by Crippen LogP contribution is 2.32. The summed E-state index contributed by atoms with van der Waals surface area (Å²) in [5, 5.41) is 8.87. The average molecular weight is 388 g/mol. The molecule has 0 unspecified atom stereocenters. The molecule has 3 amide bonds. The molecule has 0 spiro atoms. The lowest BCUT2D eigenvalue weighted by atomic mass is 9.93. The molecule has 2 aromatic rings. The summed E-state index contributed by atoms with van der Waals surface area (Å²) in [6, 6.07) is 2.84. The first-order chi connectivity index (χ1) is 13.3. The maximum absolute atomic E-state index is 14.4. The van der Waals surface area contributed by atoms with Crippen molar-refractivity contribution < 1.29 is 22.9 Å². The molecule has 9 heteroatoms. The largest absolute Gasteiger partial charge is 0.360 e. The van der Waals surface area contributed by atoms with Gasteiger partial charge in [-0.25, -0.2) is 13.6 Å². The summed E-state index contributed by atoms with van der Waals surface area (Å²) < 4.78 is 32.6. The van der Waals surface area contributed by atoms with Crippen molar-refractivity contribution in [3.05, 3.63) is 71.1 Å². The lowest BCUT2D eigenvalue weighted by Crippen LogP contribution is -2.48. The van der Waals surface area contributed by atoms with E-state index >= 15 is 0 Å². The van der Waals surface area contributed by atoms with Crippen LogP contribution >= 0.6 is 0 Å². The first kappa shape index (κ1) is 19.3. The fraction of sp³-hybridized carbons (Fsp3) is 0.211. The van der Waals surface area contributed by atoms with E-state index in [1.165, 1.54) is 23.1 Å². The number of rotatable bonds is 5. The number of carbonyl (C=O) groups excluding carboxylic acids is 2. The summed E-state index contributed by atoms with van der Waals surface area (Å²) in [6.07, 6.45) is 1.50. The Bertz CT molecular complexity index is 983. The highest BCUT2D eigenvalue weighted by atomic mass is 19.1. The molecule has 7 nitrogen and oxygen atoms in total. The van der Waals surface area contributed by atoms with E-state index in [2.05, 4.69) is 22.4 Å². The fourth-order valence-corrected chi connectivity index (χ4v) is 3.00. The molecule has 146 valence electrons. The van der Waals surface area contributed by atoms with Gasteiger partial charge in [-0.15, -0.1) is 6.58 Å². The van der Waals surface area contributed by atoms with E-state index in [0.717, 1.165) is 6.07 Å². The van der Waals surface area contributed by atoms with E-state index in [9.17, 15) is 18.4 Å². The van der Waals surface area contributed by atoms with E-state index in [0.29, 0.717) is 17.5 Å². The molecule has 0 radical (unpaired) electrons. The predicted molar refractivity (Wildman–Crippen MR) is 97.1 cm³/mol. The number of nitrogens with zero attached hydrogens (tertiary/aromatic N) is 2. The molecule has 0 aliphatic carbocycles. The van der Waals surface area contributed by atoms with Gasteiger partial charge in [0.25, 0.3) is 5.91 Å². The van der Waals surface area contributed by atoms with Crippen molar-refractivity contribution in [2.24, 2.45) is 0 Å². The second-order valence-corrected chi connectivity index (χ2v) is 6.22. The minimum absolute atomic E-state index is 0.0335. The third kappa shape index (κ3) is 3.64. The SMILES string of the molecule is C=CCN1C(=O)N[C@@H](c2ccc(F)cc2F)C(C(=O)Nc2cc(C)on2)=C1C. The van der Waals surface area contributed by atoms with Crippen LogP contribution in [0.2, 0.25) is 0 Å². The Kier molecular flexibility index (Phi) is 5.25. The van der Waals surface area contributed by atoms with E-state index < -0.39 is 29.6 Å². The second-order valence-electron chi connectivity index (χ2n) is 6.22. The van der Waals surface area contributed by atoms with Crippen LogP contribution in [0.4, 0.5) is 19.4 Å². The molecule has 1 aromatic heterocycles. The molecule has 1 aromatic carbocycles. The summed E-state index contributed by atoms with van der Waals surface area (Å²) in [5.74, 6) is -1.58. The molecule has 2 N–H and O–H groups in total. The number of hydrogen-bond acceptors (Lipinski definition) is 4. The zero-order chi connectivity index (χ0) is 20.4. The van der Waals surface area contributed by atoms with Crippen molar-refractivity contribution in [1.29, 1.82) is 0 Å². The maximum atomic E-state index is 14.4. The first-order valence-corrected chi connectivity index (χ1v) is 8.41. The van der Waals surface area contributed by atoms with Crippen molar-refractivity contribution in [3.63, 3.8) is 0 Å². The molecular weight excluding hydrogens is 370 g/mol. The molecule has 2 heterocycles. The molecule has 1 aliphatic rings. The number of halogens is 2. The summed E-state index contributed by atoms with van der Waals surface area (Å²) in [4.78, 5) is 26.7. The quantitative estimate of drug-likeness (QED) is 0.769. The summed E-state index contributed by atoms with van der Waals surface area (Å²) in [5.41, 5.74) is 0.372. The van der Waals surface area contributed by atoms with Gasteiger partial charge in [0.1, 0.15) is 17.4 Å². The Labute approximate surface area is 159 Å². The van der Waals surface area contributed by atoms with Gasteiger partial charge >= 0.3 is 6.03 Å². The van der Waals surface area contributed by atoms with Gasteiger partial charge in [-0.3, -0.25) is 9.69 Å². The van der Waals surface area contributed by atoms with E-state index in [-0.39, 0.29) is 23.5 Å². The second kappa shape index (κ2) is 7.63. The number of amides is 3. The van der Waals surface area contributed by atoms with Crippen molar-refractivity contribution in [2.45, 2.75) is 19.9 Å². The standard InChI is InChI=1S/C19H18F2N4O3/c1-4-7-25-11(3)16(18(26)22-15-8-10(2)28-24-15)17(23-19(25)27)13-6-5-12(20)9-14(13)21/h4-6,8-9,17H,1,7H2,2-3H3,(H,23,27)(H,22,24,26)/t17-/m0/s1. The van der Waals surface area contributed by atoms with Crippen LogP contribution in [0, 0.1) is 18.6 Å². The van der Waals surface area contributed by atoms with Gasteiger partial charge in [0.15, 0.2) is 5.82 Å². The third-order valence-corrected chi connectivity index (χ3v) is 4.30. The van der Waals surface area contributed by atoms with Crippen LogP contribution < -0.4 is 10.6 Å². The lowest BCUT2D eigenvalue weighted by molar-refractivity contribution is -0.113. The normalized spacial score (nSPS) is 16.8. The van der Waals surface area contributed by atoms with Gasteiger partial charge in [-0.05, 0) is 19.9 Å². The molecule has 3 rings (SSSR count). The Morgan fingerprint density at radius 2 is 2.14 bits per heavy atom. The minimum atomic E-state index is -1.11. The van der Waals surface area contributed by atoms with E-state index in [1.54, 1.807) is 13.8 Å². The number of nitrogens with one attached hydrogen (secondary N) is 2.